The van der Waals surface area contributed by atoms with Crippen LogP contribution in [0.25, 0.3) is 16.6 Å². The molecule has 5 nitrogen and oxygen atoms in total. The van der Waals surface area contributed by atoms with Gasteiger partial charge in [-0.25, -0.2) is 9.37 Å². The largest absolute Gasteiger partial charge is 0.433 e. The molecule has 0 aliphatic heterocycles. The van der Waals surface area contributed by atoms with Crippen LogP contribution in [0.2, 0.25) is 0 Å². The van der Waals surface area contributed by atoms with E-state index in [0.717, 1.165) is 30.5 Å². The molecule has 9 heteroatoms. The number of ketones is 1. The minimum Gasteiger partial charge on any atom is -0.359 e. The lowest BCUT2D eigenvalue weighted by Crippen LogP contribution is -2.11. The highest BCUT2D eigenvalue weighted by atomic mass is 19.4. The maximum atomic E-state index is 15.0. The van der Waals surface area contributed by atoms with E-state index in [-0.39, 0.29) is 29.6 Å². The maximum absolute atomic E-state index is 15.0. The Balaban J connectivity index is 1.27. The first-order chi connectivity index (χ1) is 16.7. The monoisotopic (exact) mass is 482 g/mol. The number of anilines is 1. The third kappa shape index (κ3) is 4.89. The summed E-state index contributed by atoms with van der Waals surface area (Å²) >= 11 is 0. The number of H-pyrrole nitrogens is 1. The molecule has 0 spiro atoms. The standard InChI is InChI=1S/C26H22F4N4O/c1-14(34-19-6-7-31-23(11-19)26(28,29)30)8-17-5-4-16(10-22(17)27)18-9-20-21(24(35)15-2-3-15)13-33-25(20)32-12-18/h4,6-7,9-13,15,17H,1-3,5,8H2,(H,31,34)(H,32,33). The van der Waals surface area contributed by atoms with Gasteiger partial charge in [-0.3, -0.25) is 9.78 Å². The Labute approximate surface area is 198 Å². The zero-order chi connectivity index (χ0) is 24.7. The van der Waals surface area contributed by atoms with Gasteiger partial charge in [-0.2, -0.15) is 13.2 Å². The zero-order valence-electron chi connectivity index (χ0n) is 18.6. The summed E-state index contributed by atoms with van der Waals surface area (Å²) in [6.07, 6.45) is 5.59. The van der Waals surface area contributed by atoms with Crippen molar-refractivity contribution in [3.05, 3.63) is 83.9 Å². The molecular formula is C26H22F4N4O. The molecule has 1 fully saturated rings. The minimum absolute atomic E-state index is 0.0820. The second-order valence-electron chi connectivity index (χ2n) is 8.94. The van der Waals surface area contributed by atoms with Crippen LogP contribution in [0.4, 0.5) is 23.2 Å². The fourth-order valence-electron chi connectivity index (χ4n) is 4.24. The van der Waals surface area contributed by atoms with Crippen LogP contribution in [0, 0.1) is 11.8 Å². The molecule has 0 radical (unpaired) electrons. The number of aromatic nitrogens is 3. The predicted molar refractivity (Wildman–Crippen MR) is 125 cm³/mol. The van der Waals surface area contributed by atoms with Crippen molar-refractivity contribution in [2.24, 2.45) is 11.8 Å². The van der Waals surface area contributed by atoms with Gasteiger partial charge in [-0.15, -0.1) is 0 Å². The molecule has 2 N–H and O–H groups in total. The predicted octanol–water partition coefficient (Wildman–Crippen LogP) is 6.84. The van der Waals surface area contributed by atoms with E-state index in [2.05, 4.69) is 26.8 Å². The van der Waals surface area contributed by atoms with Crippen molar-refractivity contribution >= 4 is 28.1 Å². The number of hydrogen-bond donors (Lipinski definition) is 2. The fourth-order valence-corrected chi connectivity index (χ4v) is 4.24. The first kappa shape index (κ1) is 23.0. The van der Waals surface area contributed by atoms with Gasteiger partial charge in [0, 0.05) is 58.3 Å². The van der Waals surface area contributed by atoms with Crippen LogP contribution in [0.15, 0.2) is 67.0 Å². The van der Waals surface area contributed by atoms with Gasteiger partial charge in [0.25, 0.3) is 0 Å². The molecule has 3 aromatic heterocycles. The summed E-state index contributed by atoms with van der Waals surface area (Å²) in [5.74, 6) is -0.644. The lowest BCUT2D eigenvalue weighted by molar-refractivity contribution is -0.141. The van der Waals surface area contributed by atoms with Crippen molar-refractivity contribution in [3.8, 4) is 0 Å². The number of alkyl halides is 3. The molecule has 0 saturated heterocycles. The summed E-state index contributed by atoms with van der Waals surface area (Å²) in [7, 11) is 0. The Bertz CT molecular complexity index is 1380. The molecule has 35 heavy (non-hydrogen) atoms. The third-order valence-electron chi connectivity index (χ3n) is 6.25. The van der Waals surface area contributed by atoms with E-state index >= 15 is 0 Å². The van der Waals surface area contributed by atoms with Gasteiger partial charge in [-0.05, 0) is 55.5 Å². The van der Waals surface area contributed by atoms with E-state index in [9.17, 15) is 22.4 Å². The van der Waals surface area contributed by atoms with Crippen LogP contribution in [0.3, 0.4) is 0 Å². The number of nitrogens with zero attached hydrogens (tertiary/aromatic N) is 2. The van der Waals surface area contributed by atoms with Crippen molar-refractivity contribution in [2.45, 2.75) is 31.9 Å². The van der Waals surface area contributed by atoms with Crippen LogP contribution < -0.4 is 5.32 Å². The van der Waals surface area contributed by atoms with Crippen molar-refractivity contribution in [1.29, 1.82) is 0 Å². The van der Waals surface area contributed by atoms with Gasteiger partial charge in [-0.1, -0.05) is 12.7 Å². The van der Waals surface area contributed by atoms with Crippen LogP contribution in [-0.4, -0.2) is 20.7 Å². The molecule has 1 unspecified atom stereocenters. The van der Waals surface area contributed by atoms with E-state index in [4.69, 9.17) is 0 Å². The first-order valence-electron chi connectivity index (χ1n) is 11.3. The third-order valence-corrected chi connectivity index (χ3v) is 6.25. The van der Waals surface area contributed by atoms with E-state index < -0.39 is 17.8 Å². The van der Waals surface area contributed by atoms with Crippen LogP contribution in [-0.2, 0) is 6.18 Å². The maximum Gasteiger partial charge on any atom is 0.433 e. The molecule has 1 saturated carbocycles. The number of carbonyl (C=O) groups excluding carboxylic acids is 1. The van der Waals surface area contributed by atoms with Gasteiger partial charge >= 0.3 is 6.18 Å². The first-order valence-corrected chi connectivity index (χ1v) is 11.3. The number of pyridine rings is 2. The van der Waals surface area contributed by atoms with Crippen molar-refractivity contribution < 1.29 is 22.4 Å². The number of Topliss-reactive ketones (excluding diaryl/α,β-unsaturated/α-hetero) is 1. The lowest BCUT2D eigenvalue weighted by atomic mass is 9.89. The van der Waals surface area contributed by atoms with E-state index in [1.807, 2.05) is 12.1 Å². The quantitative estimate of drug-likeness (QED) is 0.286. The van der Waals surface area contributed by atoms with Gasteiger partial charge < -0.3 is 10.3 Å². The summed E-state index contributed by atoms with van der Waals surface area (Å²) < 4.78 is 53.6. The van der Waals surface area contributed by atoms with E-state index in [0.29, 0.717) is 34.5 Å². The molecule has 0 aromatic carbocycles. The average molecular weight is 482 g/mol. The van der Waals surface area contributed by atoms with Gasteiger partial charge in [0.05, 0.1) is 0 Å². The lowest BCUT2D eigenvalue weighted by Gasteiger charge is -2.21. The second kappa shape index (κ2) is 8.79. The summed E-state index contributed by atoms with van der Waals surface area (Å²) in [6.45, 7) is 3.85. The van der Waals surface area contributed by atoms with E-state index in [1.165, 1.54) is 12.1 Å². The van der Waals surface area contributed by atoms with Crippen molar-refractivity contribution in [3.63, 3.8) is 0 Å². The van der Waals surface area contributed by atoms with Crippen molar-refractivity contribution in [2.75, 3.05) is 5.32 Å². The molecule has 180 valence electrons. The Kier molecular flexibility index (Phi) is 5.78. The van der Waals surface area contributed by atoms with Gasteiger partial charge in [0.15, 0.2) is 5.78 Å². The fraction of sp³-hybridized carbons (Fsp3) is 0.269. The topological polar surface area (TPSA) is 70.7 Å². The Morgan fingerprint density at radius 3 is 2.74 bits per heavy atom. The van der Waals surface area contributed by atoms with Crippen LogP contribution in [0.1, 0.15) is 47.3 Å². The highest BCUT2D eigenvalue weighted by Crippen LogP contribution is 2.37. The number of nitrogens with one attached hydrogen (secondary N) is 2. The van der Waals surface area contributed by atoms with Crippen LogP contribution >= 0.6 is 0 Å². The number of aromatic amines is 1. The molecule has 2 aliphatic rings. The average Bonchev–Trinajstić information content (AvgIpc) is 3.58. The molecule has 3 heterocycles. The highest BCUT2D eigenvalue weighted by Gasteiger charge is 2.33. The Morgan fingerprint density at radius 2 is 2.03 bits per heavy atom. The second-order valence-corrected chi connectivity index (χ2v) is 8.94. The SMILES string of the molecule is C=C(CC1CC=C(c2cnc3[nH]cc(C(=O)C4CC4)c3c2)C=C1F)Nc1ccnc(C(F)(F)F)c1. The molecular weight excluding hydrogens is 460 g/mol. The van der Waals surface area contributed by atoms with E-state index in [1.54, 1.807) is 12.4 Å². The smallest absolute Gasteiger partial charge is 0.359 e. The van der Waals surface area contributed by atoms with Crippen LogP contribution in [0.5, 0.6) is 0 Å². The highest BCUT2D eigenvalue weighted by molar-refractivity contribution is 6.09. The molecule has 2 aliphatic carbocycles. The number of rotatable bonds is 7. The summed E-state index contributed by atoms with van der Waals surface area (Å²) in [5.41, 5.74) is 2.18. The summed E-state index contributed by atoms with van der Waals surface area (Å²) in [6, 6.07) is 4.15. The molecule has 3 aromatic rings. The summed E-state index contributed by atoms with van der Waals surface area (Å²) in [5, 5.41) is 3.55. The zero-order valence-corrected chi connectivity index (χ0v) is 18.6. The normalized spacial score (nSPS) is 18.2. The molecule has 0 amide bonds. The molecule has 0 bridgehead atoms. The Hall–Kier alpha value is -3.75. The molecule has 1 atom stereocenters. The van der Waals surface area contributed by atoms with Gasteiger partial charge in [0.2, 0.25) is 0 Å². The number of halogens is 4. The number of carbonyl (C=O) groups is 1. The molecule has 5 rings (SSSR count). The number of fused-ring (bicyclic) bond motifs is 1. The number of hydrogen-bond acceptors (Lipinski definition) is 4. The number of allylic oxidation sites excluding steroid dienone is 5. The minimum atomic E-state index is -4.55. The van der Waals surface area contributed by atoms with Gasteiger partial charge in [0.1, 0.15) is 17.2 Å². The Morgan fingerprint density at radius 1 is 1.23 bits per heavy atom. The van der Waals surface area contributed by atoms with Crippen molar-refractivity contribution in [1.82, 2.24) is 15.0 Å². The summed E-state index contributed by atoms with van der Waals surface area (Å²) in [4.78, 5) is 23.3.